The molecule has 2 aliphatic heterocycles. The van der Waals surface area contributed by atoms with E-state index in [9.17, 15) is 9.59 Å². The summed E-state index contributed by atoms with van der Waals surface area (Å²) in [6.45, 7) is 9.67. The highest BCUT2D eigenvalue weighted by atomic mass is 16.2. The molecule has 1 aromatic carbocycles. The third-order valence-corrected chi connectivity index (χ3v) is 5.46. The predicted octanol–water partition coefficient (Wildman–Crippen LogP) is 3.78. The predicted molar refractivity (Wildman–Crippen MR) is 99.9 cm³/mol. The molecule has 2 aliphatic rings. The third kappa shape index (κ3) is 3.10. The van der Waals surface area contributed by atoms with Gasteiger partial charge in [0.15, 0.2) is 0 Å². The molecule has 1 saturated heterocycles. The zero-order chi connectivity index (χ0) is 18.0. The van der Waals surface area contributed by atoms with Crippen LogP contribution >= 0.6 is 0 Å². The van der Waals surface area contributed by atoms with E-state index >= 15 is 0 Å². The van der Waals surface area contributed by atoms with E-state index in [2.05, 4.69) is 13.5 Å². The molecule has 3 rings (SSSR count). The summed E-state index contributed by atoms with van der Waals surface area (Å²) in [7, 11) is 0. The highest BCUT2D eigenvalue weighted by molar-refractivity contribution is 5.94. The second kappa shape index (κ2) is 7.42. The minimum atomic E-state index is -0.518. The minimum Gasteiger partial charge on any atom is -0.334 e. The number of carbonyl (C=O) groups is 2. The zero-order valence-corrected chi connectivity index (χ0v) is 15.3. The van der Waals surface area contributed by atoms with Gasteiger partial charge < -0.3 is 9.80 Å². The number of carbonyl (C=O) groups excluding carboxylic acids is 2. The first kappa shape index (κ1) is 17.7. The first-order valence-electron chi connectivity index (χ1n) is 9.48. The Labute approximate surface area is 150 Å². The molecular formula is C21H28N2O2. The van der Waals surface area contributed by atoms with E-state index in [1.165, 1.54) is 0 Å². The van der Waals surface area contributed by atoms with Crippen LogP contribution in [0.4, 0.5) is 0 Å². The van der Waals surface area contributed by atoms with E-state index < -0.39 is 6.04 Å². The normalized spacial score (nSPS) is 22.4. The molecule has 2 amide bonds. The third-order valence-electron chi connectivity index (χ3n) is 5.46. The van der Waals surface area contributed by atoms with Gasteiger partial charge in [-0.25, -0.2) is 0 Å². The lowest BCUT2D eigenvalue weighted by atomic mass is 9.92. The van der Waals surface area contributed by atoms with Crippen LogP contribution in [0, 0.1) is 0 Å². The average molecular weight is 340 g/mol. The van der Waals surface area contributed by atoms with Crippen molar-refractivity contribution in [1.29, 1.82) is 0 Å². The van der Waals surface area contributed by atoms with E-state index in [0.29, 0.717) is 13.0 Å². The molecule has 0 N–H and O–H groups in total. The van der Waals surface area contributed by atoms with Crippen LogP contribution in [0.25, 0.3) is 5.57 Å². The standard InChI is InChI=1S/C21H28N2O2/c1-4-6-13-23(19(24)5-2)20-17-11-8-7-10-16(17)15(3)18-12-9-14-22(18)21(20)25/h7-8,10-11,18,20H,3-6,9,12-14H2,1-2H3/t18-,20-/m1/s1. The van der Waals surface area contributed by atoms with E-state index in [1.807, 2.05) is 36.1 Å². The Bertz CT molecular complexity index is 682. The first-order valence-corrected chi connectivity index (χ1v) is 9.48. The summed E-state index contributed by atoms with van der Waals surface area (Å²) >= 11 is 0. The molecule has 2 heterocycles. The summed E-state index contributed by atoms with van der Waals surface area (Å²) in [6, 6.07) is 7.55. The number of hydrogen-bond donors (Lipinski definition) is 0. The fourth-order valence-electron chi connectivity index (χ4n) is 4.12. The Hall–Kier alpha value is -2.10. The van der Waals surface area contributed by atoms with Crippen molar-refractivity contribution < 1.29 is 9.59 Å². The van der Waals surface area contributed by atoms with Gasteiger partial charge in [-0.2, -0.15) is 0 Å². The molecule has 0 aromatic heterocycles. The van der Waals surface area contributed by atoms with Crippen molar-refractivity contribution in [1.82, 2.24) is 9.80 Å². The molecule has 0 radical (unpaired) electrons. The SMILES string of the molecule is C=C1c2ccccc2[C@@H](N(CCCC)C(=O)CC)C(=O)N2CCC[C@H]12. The molecule has 1 fully saturated rings. The van der Waals surface area contributed by atoms with Crippen molar-refractivity contribution in [3.8, 4) is 0 Å². The van der Waals surface area contributed by atoms with E-state index in [-0.39, 0.29) is 17.9 Å². The number of unbranched alkanes of at least 4 members (excludes halogenated alkanes) is 1. The summed E-state index contributed by atoms with van der Waals surface area (Å²) in [6.07, 6.45) is 4.28. The van der Waals surface area contributed by atoms with Gasteiger partial charge in [0, 0.05) is 19.5 Å². The molecule has 0 aliphatic carbocycles. The van der Waals surface area contributed by atoms with Crippen molar-refractivity contribution in [2.45, 2.75) is 58.0 Å². The van der Waals surface area contributed by atoms with Gasteiger partial charge in [0.25, 0.3) is 5.91 Å². The Morgan fingerprint density at radius 1 is 1.32 bits per heavy atom. The second-order valence-corrected chi connectivity index (χ2v) is 7.00. The molecule has 0 unspecified atom stereocenters. The largest absolute Gasteiger partial charge is 0.334 e. The van der Waals surface area contributed by atoms with Crippen LogP contribution in [0.5, 0.6) is 0 Å². The zero-order valence-electron chi connectivity index (χ0n) is 15.3. The topological polar surface area (TPSA) is 40.6 Å². The van der Waals surface area contributed by atoms with Crippen molar-refractivity contribution in [2.75, 3.05) is 13.1 Å². The number of fused-ring (bicyclic) bond motifs is 2. The number of amides is 2. The van der Waals surface area contributed by atoms with Crippen LogP contribution < -0.4 is 0 Å². The lowest BCUT2D eigenvalue weighted by Crippen LogP contribution is -2.46. The van der Waals surface area contributed by atoms with Crippen LogP contribution in [-0.2, 0) is 9.59 Å². The molecule has 25 heavy (non-hydrogen) atoms. The van der Waals surface area contributed by atoms with Gasteiger partial charge in [0.1, 0.15) is 6.04 Å². The van der Waals surface area contributed by atoms with Gasteiger partial charge in [-0.15, -0.1) is 0 Å². The smallest absolute Gasteiger partial charge is 0.250 e. The molecule has 4 nitrogen and oxygen atoms in total. The van der Waals surface area contributed by atoms with Crippen LogP contribution in [-0.4, -0.2) is 40.7 Å². The number of nitrogens with zero attached hydrogens (tertiary/aromatic N) is 2. The number of rotatable bonds is 5. The molecule has 0 spiro atoms. The van der Waals surface area contributed by atoms with Crippen LogP contribution in [0.15, 0.2) is 30.8 Å². The lowest BCUT2D eigenvalue weighted by molar-refractivity contribution is -0.146. The Morgan fingerprint density at radius 2 is 2.08 bits per heavy atom. The highest BCUT2D eigenvalue weighted by Gasteiger charge is 2.43. The van der Waals surface area contributed by atoms with Gasteiger partial charge in [-0.1, -0.05) is 51.1 Å². The summed E-state index contributed by atoms with van der Waals surface area (Å²) < 4.78 is 0. The van der Waals surface area contributed by atoms with Gasteiger partial charge in [-0.3, -0.25) is 9.59 Å². The molecule has 2 atom stereocenters. The summed E-state index contributed by atoms with van der Waals surface area (Å²) in [5, 5.41) is 0. The molecule has 134 valence electrons. The van der Waals surface area contributed by atoms with E-state index in [4.69, 9.17) is 0 Å². The van der Waals surface area contributed by atoms with Crippen molar-refractivity contribution in [3.63, 3.8) is 0 Å². The van der Waals surface area contributed by atoms with Gasteiger partial charge in [-0.05, 0) is 36.0 Å². The average Bonchev–Trinajstić information content (AvgIpc) is 3.10. The molecule has 0 bridgehead atoms. The first-order chi connectivity index (χ1) is 12.1. The lowest BCUT2D eigenvalue weighted by Gasteiger charge is -2.33. The fourth-order valence-corrected chi connectivity index (χ4v) is 4.12. The summed E-state index contributed by atoms with van der Waals surface area (Å²) in [4.78, 5) is 29.9. The monoisotopic (exact) mass is 340 g/mol. The summed E-state index contributed by atoms with van der Waals surface area (Å²) in [5.74, 6) is 0.108. The minimum absolute atomic E-state index is 0.0462. The quantitative estimate of drug-likeness (QED) is 0.818. The van der Waals surface area contributed by atoms with Gasteiger partial charge in [0.2, 0.25) is 5.91 Å². The molecule has 4 heteroatoms. The summed E-state index contributed by atoms with van der Waals surface area (Å²) in [5.41, 5.74) is 2.99. The molecule has 1 aromatic rings. The van der Waals surface area contributed by atoms with Crippen molar-refractivity contribution >= 4 is 17.4 Å². The van der Waals surface area contributed by atoms with Gasteiger partial charge in [0.05, 0.1) is 6.04 Å². The van der Waals surface area contributed by atoms with E-state index in [0.717, 1.165) is 48.9 Å². The maximum atomic E-state index is 13.5. The highest BCUT2D eigenvalue weighted by Crippen LogP contribution is 2.40. The molecular weight excluding hydrogens is 312 g/mol. The Kier molecular flexibility index (Phi) is 5.26. The second-order valence-electron chi connectivity index (χ2n) is 7.00. The number of benzene rings is 1. The van der Waals surface area contributed by atoms with Gasteiger partial charge >= 0.3 is 0 Å². The van der Waals surface area contributed by atoms with Crippen molar-refractivity contribution in [3.05, 3.63) is 42.0 Å². The van der Waals surface area contributed by atoms with Crippen LogP contribution in [0.1, 0.15) is 63.1 Å². The van der Waals surface area contributed by atoms with Crippen LogP contribution in [0.3, 0.4) is 0 Å². The number of hydrogen-bond acceptors (Lipinski definition) is 2. The maximum Gasteiger partial charge on any atom is 0.250 e. The van der Waals surface area contributed by atoms with Crippen LogP contribution in [0.2, 0.25) is 0 Å². The van der Waals surface area contributed by atoms with E-state index in [1.54, 1.807) is 4.90 Å². The fraction of sp³-hybridized carbons (Fsp3) is 0.524. The van der Waals surface area contributed by atoms with Crippen molar-refractivity contribution in [2.24, 2.45) is 0 Å². The Balaban J connectivity index is 2.11. The maximum absolute atomic E-state index is 13.5. The Morgan fingerprint density at radius 3 is 2.80 bits per heavy atom. The molecule has 0 saturated carbocycles.